The maximum absolute atomic E-state index is 5.95. The number of aliphatic imine (C=N–C) groups is 1. The lowest BCUT2D eigenvalue weighted by atomic mass is 10.2. The summed E-state index contributed by atoms with van der Waals surface area (Å²) in [4.78, 5) is 8.85. The molecule has 0 aliphatic rings. The molecule has 2 rings (SSSR count). The molecule has 0 aliphatic heterocycles. The molecule has 0 amide bonds. The summed E-state index contributed by atoms with van der Waals surface area (Å²) in [5.41, 5.74) is 2.34. The average Bonchev–Trinajstić information content (AvgIpc) is 3.16. The van der Waals surface area contributed by atoms with Crippen molar-refractivity contribution in [2.75, 3.05) is 47.4 Å². The van der Waals surface area contributed by atoms with Crippen molar-refractivity contribution < 1.29 is 9.47 Å². The van der Waals surface area contributed by atoms with Crippen LogP contribution < -0.4 is 14.8 Å². The number of hydrogen-bond donors (Lipinski definition) is 1. The number of aromatic nitrogens is 1. The van der Waals surface area contributed by atoms with Crippen molar-refractivity contribution in [1.82, 2.24) is 19.7 Å². The molecule has 0 saturated carbocycles. The van der Waals surface area contributed by atoms with Gasteiger partial charge in [0.2, 0.25) is 0 Å². The highest BCUT2D eigenvalue weighted by Gasteiger charge is 2.10. The summed E-state index contributed by atoms with van der Waals surface area (Å²) in [5, 5.41) is 3.43. The lowest BCUT2D eigenvalue weighted by molar-refractivity contribution is 0.217. The zero-order valence-electron chi connectivity index (χ0n) is 19.7. The molecule has 0 unspecified atom stereocenters. The van der Waals surface area contributed by atoms with Crippen molar-refractivity contribution in [2.45, 2.75) is 26.9 Å². The van der Waals surface area contributed by atoms with Crippen molar-refractivity contribution >= 4 is 29.9 Å². The van der Waals surface area contributed by atoms with Gasteiger partial charge in [-0.2, -0.15) is 0 Å². The maximum atomic E-state index is 5.95. The minimum absolute atomic E-state index is 0. The van der Waals surface area contributed by atoms with E-state index in [-0.39, 0.29) is 24.0 Å². The topological polar surface area (TPSA) is 54.3 Å². The summed E-state index contributed by atoms with van der Waals surface area (Å²) < 4.78 is 13.6. The van der Waals surface area contributed by atoms with Crippen molar-refractivity contribution in [3.63, 3.8) is 0 Å². The van der Waals surface area contributed by atoms with E-state index in [1.54, 1.807) is 14.2 Å². The number of likely N-dealkylation sites (N-methyl/N-ethyl adjacent to an activating group) is 1. The van der Waals surface area contributed by atoms with Crippen LogP contribution in [0.15, 0.2) is 41.5 Å². The van der Waals surface area contributed by atoms with Crippen LogP contribution in [0.4, 0.5) is 0 Å². The molecule has 1 N–H and O–H groups in total. The normalized spacial score (nSPS) is 11.3. The van der Waals surface area contributed by atoms with Gasteiger partial charge in [-0.3, -0.25) is 4.99 Å². The predicted octanol–water partition coefficient (Wildman–Crippen LogP) is 3.58. The third-order valence-corrected chi connectivity index (χ3v) is 5.26. The molecular formula is C23H38IN5O2. The first-order chi connectivity index (χ1) is 14.5. The molecule has 31 heavy (non-hydrogen) atoms. The number of benzene rings is 1. The molecule has 0 bridgehead atoms. The van der Waals surface area contributed by atoms with Crippen LogP contribution in [0.1, 0.15) is 25.1 Å². The Hall–Kier alpha value is -1.94. The van der Waals surface area contributed by atoms with Crippen LogP contribution in [0.5, 0.6) is 11.5 Å². The number of nitrogens with zero attached hydrogens (tertiary/aromatic N) is 4. The number of halogens is 1. The highest BCUT2D eigenvalue weighted by molar-refractivity contribution is 14.0. The van der Waals surface area contributed by atoms with E-state index in [9.17, 15) is 0 Å². The summed E-state index contributed by atoms with van der Waals surface area (Å²) in [6.07, 6.45) is 2.05. The monoisotopic (exact) mass is 543 g/mol. The second-order valence-electron chi connectivity index (χ2n) is 7.23. The molecule has 0 radical (unpaired) electrons. The molecule has 0 saturated heterocycles. The van der Waals surface area contributed by atoms with Gasteiger partial charge < -0.3 is 29.2 Å². The van der Waals surface area contributed by atoms with Gasteiger partial charge in [-0.15, -0.1) is 24.0 Å². The first kappa shape index (κ1) is 27.1. The Morgan fingerprint density at radius 2 is 1.90 bits per heavy atom. The van der Waals surface area contributed by atoms with Crippen LogP contribution >= 0.6 is 24.0 Å². The fourth-order valence-electron chi connectivity index (χ4n) is 3.31. The molecule has 174 valence electrons. The Balaban J connectivity index is 0.00000480. The van der Waals surface area contributed by atoms with Crippen LogP contribution in [0.25, 0.3) is 0 Å². The summed E-state index contributed by atoms with van der Waals surface area (Å²) in [6, 6.07) is 10.2. The van der Waals surface area contributed by atoms with Crippen LogP contribution in [-0.2, 0) is 20.1 Å². The van der Waals surface area contributed by atoms with E-state index in [2.05, 4.69) is 70.0 Å². The quantitative estimate of drug-likeness (QED) is 0.267. The number of nitrogens with one attached hydrogen (secondary N) is 1. The van der Waals surface area contributed by atoms with Gasteiger partial charge in [0.1, 0.15) is 6.61 Å². The smallest absolute Gasteiger partial charge is 0.194 e. The molecule has 0 aliphatic carbocycles. The SMILES string of the molecule is CCN(CC)CCOc1ccc(CNC(=NC)N(C)Cc2cccn2C)cc1OC.I. The molecular weight excluding hydrogens is 505 g/mol. The van der Waals surface area contributed by atoms with E-state index < -0.39 is 0 Å². The Labute approximate surface area is 204 Å². The zero-order chi connectivity index (χ0) is 21.9. The van der Waals surface area contributed by atoms with E-state index in [0.717, 1.165) is 49.2 Å². The van der Waals surface area contributed by atoms with E-state index >= 15 is 0 Å². The Morgan fingerprint density at radius 1 is 1.16 bits per heavy atom. The number of methoxy groups -OCH3 is 1. The Morgan fingerprint density at radius 3 is 2.48 bits per heavy atom. The molecule has 0 spiro atoms. The summed E-state index contributed by atoms with van der Waals surface area (Å²) in [5.74, 6) is 2.37. The number of guanidine groups is 1. The molecule has 1 aromatic heterocycles. The fraction of sp³-hybridized carbons (Fsp3) is 0.522. The molecule has 1 aromatic carbocycles. The number of rotatable bonds is 11. The highest BCUT2D eigenvalue weighted by atomic mass is 127. The van der Waals surface area contributed by atoms with Crippen molar-refractivity contribution in [1.29, 1.82) is 0 Å². The van der Waals surface area contributed by atoms with Crippen molar-refractivity contribution in [3.05, 3.63) is 47.8 Å². The molecule has 8 heteroatoms. The third kappa shape index (κ3) is 8.25. The lowest BCUT2D eigenvalue weighted by Gasteiger charge is -2.22. The maximum Gasteiger partial charge on any atom is 0.194 e. The number of hydrogen-bond acceptors (Lipinski definition) is 4. The highest BCUT2D eigenvalue weighted by Crippen LogP contribution is 2.28. The lowest BCUT2D eigenvalue weighted by Crippen LogP contribution is -2.38. The molecule has 2 aromatic rings. The number of aryl methyl sites for hydroxylation is 1. The minimum Gasteiger partial charge on any atom is -0.493 e. The second-order valence-corrected chi connectivity index (χ2v) is 7.23. The van der Waals surface area contributed by atoms with E-state index in [1.807, 2.05) is 19.2 Å². The van der Waals surface area contributed by atoms with Gasteiger partial charge in [-0.25, -0.2) is 0 Å². The average molecular weight is 543 g/mol. The molecule has 0 fully saturated rings. The van der Waals surface area contributed by atoms with Gasteiger partial charge in [0, 0.05) is 46.1 Å². The standard InChI is InChI=1S/C23H37N5O2.HI/c1-7-28(8-2)14-15-30-21-12-11-19(16-22(21)29-6)17-25-23(24-3)27(5)18-20-10-9-13-26(20)4;/h9-13,16H,7-8,14-15,17-18H2,1-6H3,(H,24,25);1H. The number of ether oxygens (including phenoxy) is 2. The minimum atomic E-state index is 0. The van der Waals surface area contributed by atoms with Crippen molar-refractivity contribution in [3.8, 4) is 11.5 Å². The predicted molar refractivity (Wildman–Crippen MR) is 139 cm³/mol. The largest absolute Gasteiger partial charge is 0.493 e. The molecule has 1 heterocycles. The Bertz CT molecular complexity index is 805. The van der Waals surface area contributed by atoms with Gasteiger partial charge in [0.25, 0.3) is 0 Å². The Kier molecular flexibility index (Phi) is 12.4. The summed E-state index contributed by atoms with van der Waals surface area (Å²) in [6.45, 7) is 9.37. The van der Waals surface area contributed by atoms with E-state index in [4.69, 9.17) is 9.47 Å². The van der Waals surface area contributed by atoms with Crippen LogP contribution in [-0.4, -0.2) is 67.8 Å². The van der Waals surface area contributed by atoms with Gasteiger partial charge in [-0.1, -0.05) is 19.9 Å². The first-order valence-electron chi connectivity index (χ1n) is 10.6. The van der Waals surface area contributed by atoms with Crippen LogP contribution in [0.3, 0.4) is 0 Å². The van der Waals surface area contributed by atoms with E-state index in [0.29, 0.717) is 13.2 Å². The zero-order valence-corrected chi connectivity index (χ0v) is 22.1. The molecule has 0 atom stereocenters. The summed E-state index contributed by atoms with van der Waals surface area (Å²) >= 11 is 0. The van der Waals surface area contributed by atoms with Gasteiger partial charge in [0.05, 0.1) is 13.7 Å². The van der Waals surface area contributed by atoms with Gasteiger partial charge in [0.15, 0.2) is 17.5 Å². The first-order valence-corrected chi connectivity index (χ1v) is 10.6. The summed E-state index contributed by atoms with van der Waals surface area (Å²) in [7, 11) is 7.57. The second kappa shape index (κ2) is 14.2. The van der Waals surface area contributed by atoms with Crippen LogP contribution in [0, 0.1) is 0 Å². The molecule has 7 nitrogen and oxygen atoms in total. The van der Waals surface area contributed by atoms with Gasteiger partial charge in [-0.05, 0) is 42.9 Å². The van der Waals surface area contributed by atoms with Gasteiger partial charge >= 0.3 is 0 Å². The third-order valence-electron chi connectivity index (χ3n) is 5.26. The van der Waals surface area contributed by atoms with E-state index in [1.165, 1.54) is 5.69 Å². The van der Waals surface area contributed by atoms with Crippen LogP contribution in [0.2, 0.25) is 0 Å². The van der Waals surface area contributed by atoms with Crippen molar-refractivity contribution in [2.24, 2.45) is 12.0 Å². The fourth-order valence-corrected chi connectivity index (χ4v) is 3.31.